The molecule has 0 heterocycles. The maximum Gasteiger partial charge on any atom is 0.319 e. The fraction of sp³-hybridized carbons (Fsp3) is 0.818. The van der Waals surface area contributed by atoms with Gasteiger partial charge < -0.3 is 15.1 Å². The first kappa shape index (κ1) is 11.4. The molecule has 2 saturated carbocycles. The van der Waals surface area contributed by atoms with Crippen LogP contribution in [0.15, 0.2) is 0 Å². The first-order valence-electron chi connectivity index (χ1n) is 5.77. The molecule has 1 amide bonds. The number of nitrogens with zero attached hydrogens (tertiary/aromatic N) is 1. The van der Waals surface area contributed by atoms with Crippen LogP contribution in [0.5, 0.6) is 0 Å². The largest absolute Gasteiger partial charge is 0.480 e. The number of aliphatic hydroxyl groups is 1. The molecule has 0 saturated heterocycles. The van der Waals surface area contributed by atoms with Gasteiger partial charge in [-0.1, -0.05) is 0 Å². The number of carbonyl (C=O) groups is 2. The Hall–Kier alpha value is -1.10. The molecule has 2 aliphatic rings. The molecule has 2 aliphatic carbocycles. The average molecular weight is 227 g/mol. The van der Waals surface area contributed by atoms with Gasteiger partial charge in [-0.15, -0.1) is 0 Å². The summed E-state index contributed by atoms with van der Waals surface area (Å²) >= 11 is 0. The van der Waals surface area contributed by atoms with E-state index in [0.29, 0.717) is 12.8 Å². The summed E-state index contributed by atoms with van der Waals surface area (Å²) < 4.78 is 0. The third-order valence-corrected chi connectivity index (χ3v) is 3.69. The molecular weight excluding hydrogens is 210 g/mol. The van der Waals surface area contributed by atoms with E-state index < -0.39 is 11.4 Å². The van der Waals surface area contributed by atoms with Gasteiger partial charge in [0, 0.05) is 12.6 Å². The van der Waals surface area contributed by atoms with Gasteiger partial charge in [-0.25, -0.2) is 0 Å². The molecule has 0 aromatic heterocycles. The third-order valence-electron chi connectivity index (χ3n) is 3.69. The summed E-state index contributed by atoms with van der Waals surface area (Å²) in [5, 5.41) is 18.0. The van der Waals surface area contributed by atoms with E-state index in [0.717, 1.165) is 19.3 Å². The zero-order valence-electron chi connectivity index (χ0n) is 9.19. The lowest BCUT2D eigenvalue weighted by molar-refractivity contribution is -0.155. The molecule has 0 radical (unpaired) electrons. The summed E-state index contributed by atoms with van der Waals surface area (Å²) in [7, 11) is 0. The Morgan fingerprint density at radius 3 is 2.25 bits per heavy atom. The van der Waals surface area contributed by atoms with Gasteiger partial charge >= 0.3 is 5.97 Å². The number of amides is 1. The summed E-state index contributed by atoms with van der Waals surface area (Å²) in [5.41, 5.74) is -1.16. The lowest BCUT2D eigenvalue weighted by Gasteiger charge is -2.38. The fourth-order valence-corrected chi connectivity index (χ4v) is 2.18. The van der Waals surface area contributed by atoms with E-state index in [9.17, 15) is 9.59 Å². The normalized spacial score (nSPS) is 22.3. The molecular formula is C11H17NO4. The molecule has 2 N–H and O–H groups in total. The van der Waals surface area contributed by atoms with Crippen molar-refractivity contribution in [2.24, 2.45) is 5.41 Å². The van der Waals surface area contributed by atoms with Gasteiger partial charge in [0.15, 0.2) is 0 Å². The van der Waals surface area contributed by atoms with Crippen molar-refractivity contribution in [3.8, 4) is 0 Å². The Bertz CT molecular complexity index is 307. The Morgan fingerprint density at radius 2 is 1.94 bits per heavy atom. The smallest absolute Gasteiger partial charge is 0.319 e. The Kier molecular flexibility index (Phi) is 2.88. The standard InChI is InChI=1S/C11H17NO4/c13-7-6-12(8-2-1-3-8)9(14)11(4-5-11)10(15)16/h8,13H,1-7H2,(H,15,16). The maximum atomic E-state index is 12.1. The van der Waals surface area contributed by atoms with E-state index in [1.165, 1.54) is 0 Å². The van der Waals surface area contributed by atoms with Gasteiger partial charge in [-0.3, -0.25) is 9.59 Å². The van der Waals surface area contributed by atoms with Crippen molar-refractivity contribution < 1.29 is 19.8 Å². The molecule has 0 aromatic carbocycles. The van der Waals surface area contributed by atoms with Crippen molar-refractivity contribution in [2.45, 2.75) is 38.1 Å². The van der Waals surface area contributed by atoms with Gasteiger partial charge in [0.1, 0.15) is 5.41 Å². The monoisotopic (exact) mass is 227 g/mol. The summed E-state index contributed by atoms with van der Waals surface area (Å²) in [6, 6.07) is 0.150. The first-order chi connectivity index (χ1) is 7.62. The van der Waals surface area contributed by atoms with Crippen LogP contribution >= 0.6 is 0 Å². The number of hydrogen-bond acceptors (Lipinski definition) is 3. The predicted molar refractivity (Wildman–Crippen MR) is 55.7 cm³/mol. The lowest BCUT2D eigenvalue weighted by atomic mass is 9.90. The van der Waals surface area contributed by atoms with Crippen molar-refractivity contribution in [1.82, 2.24) is 4.90 Å². The summed E-state index contributed by atoms with van der Waals surface area (Å²) in [4.78, 5) is 24.8. The van der Waals surface area contributed by atoms with Crippen LogP contribution in [0.4, 0.5) is 0 Å². The van der Waals surface area contributed by atoms with Crippen LogP contribution in [-0.4, -0.2) is 46.2 Å². The van der Waals surface area contributed by atoms with Gasteiger partial charge in [0.05, 0.1) is 6.61 Å². The quantitative estimate of drug-likeness (QED) is 0.659. The minimum absolute atomic E-state index is 0.0993. The molecule has 5 nitrogen and oxygen atoms in total. The molecule has 2 rings (SSSR count). The number of aliphatic carboxylic acids is 1. The topological polar surface area (TPSA) is 77.8 Å². The predicted octanol–water partition coefficient (Wildman–Crippen LogP) is 0.225. The maximum absolute atomic E-state index is 12.1. The number of carbonyl (C=O) groups excluding carboxylic acids is 1. The van der Waals surface area contributed by atoms with Crippen molar-refractivity contribution >= 4 is 11.9 Å². The van der Waals surface area contributed by atoms with Crippen LogP contribution in [0, 0.1) is 5.41 Å². The average Bonchev–Trinajstić information content (AvgIpc) is 2.93. The number of rotatable bonds is 5. The molecule has 0 spiro atoms. The highest BCUT2D eigenvalue weighted by Crippen LogP contribution is 2.48. The first-order valence-corrected chi connectivity index (χ1v) is 5.77. The zero-order valence-corrected chi connectivity index (χ0v) is 9.19. The van der Waals surface area contributed by atoms with Crippen LogP contribution in [0.1, 0.15) is 32.1 Å². The second kappa shape index (κ2) is 4.05. The van der Waals surface area contributed by atoms with E-state index in [2.05, 4.69) is 0 Å². The minimum Gasteiger partial charge on any atom is -0.480 e. The van der Waals surface area contributed by atoms with Gasteiger partial charge in [0.2, 0.25) is 5.91 Å². The molecule has 90 valence electrons. The van der Waals surface area contributed by atoms with Crippen LogP contribution in [0.2, 0.25) is 0 Å². The Balaban J connectivity index is 2.07. The molecule has 0 atom stereocenters. The molecule has 0 unspecified atom stereocenters. The van der Waals surface area contributed by atoms with Crippen molar-refractivity contribution in [3.63, 3.8) is 0 Å². The molecule has 2 fully saturated rings. The van der Waals surface area contributed by atoms with Gasteiger partial charge in [0.25, 0.3) is 0 Å². The van der Waals surface area contributed by atoms with Gasteiger partial charge in [-0.2, -0.15) is 0 Å². The number of carboxylic acids is 1. The molecule has 5 heteroatoms. The molecule has 0 bridgehead atoms. The summed E-state index contributed by atoms with van der Waals surface area (Å²) in [5.74, 6) is -1.31. The molecule has 16 heavy (non-hydrogen) atoms. The summed E-state index contributed by atoms with van der Waals surface area (Å²) in [6.45, 7) is 0.163. The second-order valence-corrected chi connectivity index (χ2v) is 4.69. The highest BCUT2D eigenvalue weighted by atomic mass is 16.4. The number of carboxylic acid groups (broad SMARTS) is 1. The zero-order chi connectivity index (χ0) is 11.8. The third kappa shape index (κ3) is 1.69. The van der Waals surface area contributed by atoms with E-state index in [1.54, 1.807) is 4.90 Å². The number of hydrogen-bond donors (Lipinski definition) is 2. The van der Waals surface area contributed by atoms with Crippen molar-refractivity contribution in [3.05, 3.63) is 0 Å². The van der Waals surface area contributed by atoms with E-state index in [-0.39, 0.29) is 25.1 Å². The highest BCUT2D eigenvalue weighted by Gasteiger charge is 2.59. The van der Waals surface area contributed by atoms with Crippen LogP contribution in [0.3, 0.4) is 0 Å². The Morgan fingerprint density at radius 1 is 1.31 bits per heavy atom. The lowest BCUT2D eigenvalue weighted by Crippen LogP contribution is -2.50. The second-order valence-electron chi connectivity index (χ2n) is 4.69. The van der Waals surface area contributed by atoms with E-state index in [4.69, 9.17) is 10.2 Å². The van der Waals surface area contributed by atoms with E-state index in [1.807, 2.05) is 0 Å². The fourth-order valence-electron chi connectivity index (χ4n) is 2.18. The van der Waals surface area contributed by atoms with Crippen LogP contribution in [0.25, 0.3) is 0 Å². The van der Waals surface area contributed by atoms with Crippen molar-refractivity contribution in [2.75, 3.05) is 13.2 Å². The Labute approximate surface area is 94.0 Å². The van der Waals surface area contributed by atoms with Crippen LogP contribution < -0.4 is 0 Å². The van der Waals surface area contributed by atoms with E-state index >= 15 is 0 Å². The van der Waals surface area contributed by atoms with Gasteiger partial charge in [-0.05, 0) is 32.1 Å². The highest BCUT2D eigenvalue weighted by molar-refractivity contribution is 6.05. The summed E-state index contributed by atoms with van der Waals surface area (Å²) in [6.07, 6.45) is 3.83. The SMILES string of the molecule is O=C(O)C1(C(=O)N(CCO)C2CCC2)CC1. The molecule has 0 aliphatic heterocycles. The van der Waals surface area contributed by atoms with Crippen LogP contribution in [-0.2, 0) is 9.59 Å². The van der Waals surface area contributed by atoms with Crippen molar-refractivity contribution in [1.29, 1.82) is 0 Å². The number of aliphatic hydroxyl groups excluding tert-OH is 1. The minimum atomic E-state index is -1.16. The molecule has 0 aromatic rings.